The number of rotatable bonds is 7. The van der Waals surface area contributed by atoms with Gasteiger partial charge < -0.3 is 15.5 Å². The lowest BCUT2D eigenvalue weighted by atomic mass is 9.91. The minimum atomic E-state index is -4.53. The molecule has 1 aliphatic carbocycles. The molecule has 1 aliphatic rings. The molecule has 0 spiro atoms. The van der Waals surface area contributed by atoms with E-state index in [9.17, 15) is 33.0 Å². The lowest BCUT2D eigenvalue weighted by Crippen LogP contribution is -2.48. The SMILES string of the molecule is Cc1cc(C(C)(C)O)c(O)cc1CC(=O)Cc1ccnc(C(=O)NC2(C(F)(F)F)CC2)c1. The molecule has 3 rings (SSSR count). The maximum atomic E-state index is 13.1. The Kier molecular flexibility index (Phi) is 6.08. The minimum Gasteiger partial charge on any atom is -0.508 e. The van der Waals surface area contributed by atoms with Crippen LogP contribution in [0, 0.1) is 6.92 Å². The van der Waals surface area contributed by atoms with Crippen molar-refractivity contribution in [2.24, 2.45) is 0 Å². The van der Waals surface area contributed by atoms with Gasteiger partial charge in [0.25, 0.3) is 5.91 Å². The molecule has 0 unspecified atom stereocenters. The van der Waals surface area contributed by atoms with Gasteiger partial charge in [0.2, 0.25) is 0 Å². The average Bonchev–Trinajstić information content (AvgIpc) is 3.44. The zero-order chi connectivity index (χ0) is 23.9. The number of amides is 1. The first kappa shape index (κ1) is 23.7. The van der Waals surface area contributed by atoms with Crippen LogP contribution >= 0.6 is 0 Å². The Balaban J connectivity index is 1.69. The summed E-state index contributed by atoms with van der Waals surface area (Å²) < 4.78 is 39.2. The molecule has 2 aromatic rings. The van der Waals surface area contributed by atoms with Crippen molar-refractivity contribution in [3.05, 3.63) is 58.4 Å². The number of hydrogen-bond donors (Lipinski definition) is 3. The average molecular weight is 450 g/mol. The van der Waals surface area contributed by atoms with Gasteiger partial charge in [-0.15, -0.1) is 0 Å². The number of aromatic hydroxyl groups is 1. The molecule has 0 atom stereocenters. The third kappa shape index (κ3) is 5.09. The van der Waals surface area contributed by atoms with Gasteiger partial charge in [-0.05, 0) is 74.6 Å². The number of alkyl halides is 3. The Hall–Kier alpha value is -2.94. The van der Waals surface area contributed by atoms with E-state index in [1.54, 1.807) is 26.8 Å². The fraction of sp³-hybridized carbons (Fsp3) is 0.435. The molecule has 32 heavy (non-hydrogen) atoms. The summed E-state index contributed by atoms with van der Waals surface area (Å²) in [6, 6.07) is 5.90. The van der Waals surface area contributed by atoms with E-state index < -0.39 is 23.2 Å². The van der Waals surface area contributed by atoms with Crippen LogP contribution < -0.4 is 5.32 Å². The van der Waals surface area contributed by atoms with Gasteiger partial charge in [0.15, 0.2) is 0 Å². The first-order chi connectivity index (χ1) is 14.7. The number of carbonyl (C=O) groups excluding carboxylic acids is 2. The standard InChI is InChI=1S/C23H25F3N2O4/c1-13-8-17(21(2,3)32)19(30)12-15(13)11-16(29)9-14-4-7-27-18(10-14)20(31)28-22(5-6-22)23(24,25)26/h4,7-8,10,12,30,32H,5-6,9,11H2,1-3H3,(H,28,31). The van der Waals surface area contributed by atoms with Crippen molar-refractivity contribution in [1.29, 1.82) is 0 Å². The van der Waals surface area contributed by atoms with Gasteiger partial charge in [0.05, 0.1) is 5.60 Å². The fourth-order valence-corrected chi connectivity index (χ4v) is 3.52. The Morgan fingerprint density at radius 3 is 2.38 bits per heavy atom. The van der Waals surface area contributed by atoms with Gasteiger partial charge in [-0.1, -0.05) is 0 Å². The first-order valence-corrected chi connectivity index (χ1v) is 10.1. The summed E-state index contributed by atoms with van der Waals surface area (Å²) in [4.78, 5) is 28.7. The predicted octanol–water partition coefficient (Wildman–Crippen LogP) is 3.50. The number of benzene rings is 1. The second kappa shape index (κ2) is 8.20. The number of phenolic OH excluding ortho intramolecular Hbond substituents is 1. The number of ketones is 1. The molecule has 1 amide bonds. The highest BCUT2D eigenvalue weighted by molar-refractivity contribution is 5.93. The molecule has 1 saturated carbocycles. The van der Waals surface area contributed by atoms with E-state index in [1.807, 2.05) is 5.32 Å². The van der Waals surface area contributed by atoms with E-state index in [0.29, 0.717) is 16.7 Å². The van der Waals surface area contributed by atoms with Crippen LogP contribution in [-0.4, -0.2) is 38.6 Å². The van der Waals surface area contributed by atoms with Crippen molar-refractivity contribution in [3.8, 4) is 5.75 Å². The summed E-state index contributed by atoms with van der Waals surface area (Å²) in [5, 5.41) is 22.3. The minimum absolute atomic E-state index is 0.00652. The van der Waals surface area contributed by atoms with Crippen molar-refractivity contribution in [2.45, 2.75) is 63.8 Å². The second-order valence-corrected chi connectivity index (χ2v) is 8.83. The molecule has 6 nitrogen and oxygen atoms in total. The number of aliphatic hydroxyl groups is 1. The third-order valence-electron chi connectivity index (χ3n) is 5.60. The Morgan fingerprint density at radius 1 is 1.16 bits per heavy atom. The summed E-state index contributed by atoms with van der Waals surface area (Å²) in [5.74, 6) is -1.26. The molecule has 1 heterocycles. The van der Waals surface area contributed by atoms with Crippen LogP contribution in [0.15, 0.2) is 30.5 Å². The van der Waals surface area contributed by atoms with Crippen LogP contribution in [0.3, 0.4) is 0 Å². The topological polar surface area (TPSA) is 99.5 Å². The first-order valence-electron chi connectivity index (χ1n) is 10.1. The molecular formula is C23H25F3N2O4. The lowest BCUT2D eigenvalue weighted by molar-refractivity contribution is -0.163. The monoisotopic (exact) mass is 450 g/mol. The van der Waals surface area contributed by atoms with E-state index in [2.05, 4.69) is 4.98 Å². The van der Waals surface area contributed by atoms with E-state index in [4.69, 9.17) is 0 Å². The molecule has 9 heteroatoms. The van der Waals surface area contributed by atoms with Gasteiger partial charge >= 0.3 is 6.18 Å². The largest absolute Gasteiger partial charge is 0.508 e. The molecule has 0 bridgehead atoms. The van der Waals surface area contributed by atoms with Gasteiger partial charge in [0.1, 0.15) is 22.8 Å². The summed E-state index contributed by atoms with van der Waals surface area (Å²) in [6.45, 7) is 4.85. The van der Waals surface area contributed by atoms with Gasteiger partial charge in [-0.3, -0.25) is 14.6 Å². The Bertz CT molecular complexity index is 1050. The van der Waals surface area contributed by atoms with E-state index >= 15 is 0 Å². The molecule has 1 fully saturated rings. The van der Waals surface area contributed by atoms with Crippen molar-refractivity contribution < 1.29 is 33.0 Å². The zero-order valence-electron chi connectivity index (χ0n) is 18.0. The highest BCUT2D eigenvalue weighted by Crippen LogP contribution is 2.49. The maximum absolute atomic E-state index is 13.1. The molecule has 0 saturated heterocycles. The quantitative estimate of drug-likeness (QED) is 0.600. The van der Waals surface area contributed by atoms with E-state index in [-0.39, 0.29) is 42.9 Å². The normalized spacial score (nSPS) is 15.3. The summed E-state index contributed by atoms with van der Waals surface area (Å²) in [7, 11) is 0. The number of halogens is 3. The van der Waals surface area contributed by atoms with Crippen LogP contribution in [0.2, 0.25) is 0 Å². The zero-order valence-corrected chi connectivity index (χ0v) is 18.0. The van der Waals surface area contributed by atoms with E-state index in [0.717, 1.165) is 5.56 Å². The molecule has 172 valence electrons. The van der Waals surface area contributed by atoms with Crippen LogP contribution in [0.1, 0.15) is 59.4 Å². The smallest absolute Gasteiger partial charge is 0.411 e. The van der Waals surface area contributed by atoms with Crippen molar-refractivity contribution in [3.63, 3.8) is 0 Å². The number of pyridine rings is 1. The molecule has 0 radical (unpaired) electrons. The number of aromatic nitrogens is 1. The predicted molar refractivity (Wildman–Crippen MR) is 110 cm³/mol. The number of hydrogen-bond acceptors (Lipinski definition) is 5. The lowest BCUT2D eigenvalue weighted by Gasteiger charge is -2.21. The van der Waals surface area contributed by atoms with Crippen molar-refractivity contribution in [2.75, 3.05) is 0 Å². The third-order valence-corrected chi connectivity index (χ3v) is 5.60. The molecular weight excluding hydrogens is 425 g/mol. The van der Waals surface area contributed by atoms with Gasteiger partial charge in [0, 0.05) is 24.6 Å². The van der Waals surface area contributed by atoms with Crippen LogP contribution in [0.25, 0.3) is 0 Å². The highest BCUT2D eigenvalue weighted by atomic mass is 19.4. The molecule has 1 aromatic heterocycles. The molecule has 1 aromatic carbocycles. The molecule has 3 N–H and O–H groups in total. The van der Waals surface area contributed by atoms with E-state index in [1.165, 1.54) is 24.4 Å². The second-order valence-electron chi connectivity index (χ2n) is 8.83. The Morgan fingerprint density at radius 2 is 1.81 bits per heavy atom. The highest BCUT2D eigenvalue weighted by Gasteiger charge is 2.64. The number of Topliss-reactive ketones (excluding diaryl/α,β-unsaturated/α-hetero) is 1. The van der Waals surface area contributed by atoms with Crippen LogP contribution in [0.5, 0.6) is 5.75 Å². The summed E-state index contributed by atoms with van der Waals surface area (Å²) in [6.07, 6.45) is -3.63. The number of phenols is 1. The van der Waals surface area contributed by atoms with Gasteiger partial charge in [-0.25, -0.2) is 0 Å². The number of nitrogens with zero attached hydrogens (tertiary/aromatic N) is 1. The number of nitrogens with one attached hydrogen (secondary N) is 1. The summed E-state index contributed by atoms with van der Waals surface area (Å²) >= 11 is 0. The van der Waals surface area contributed by atoms with Gasteiger partial charge in [-0.2, -0.15) is 13.2 Å². The molecule has 0 aliphatic heterocycles. The number of aryl methyl sites for hydroxylation is 1. The maximum Gasteiger partial charge on any atom is 0.411 e. The van der Waals surface area contributed by atoms with Crippen LogP contribution in [-0.2, 0) is 23.2 Å². The fourth-order valence-electron chi connectivity index (χ4n) is 3.52. The van der Waals surface area contributed by atoms with Crippen LogP contribution in [0.4, 0.5) is 13.2 Å². The number of carbonyl (C=O) groups is 2. The Labute approximate surface area is 183 Å². The van der Waals surface area contributed by atoms with Crippen molar-refractivity contribution in [1.82, 2.24) is 10.3 Å². The van der Waals surface area contributed by atoms with Crippen molar-refractivity contribution >= 4 is 11.7 Å². The summed E-state index contributed by atoms with van der Waals surface area (Å²) in [5.41, 5.74) is -1.50.